The Morgan fingerprint density at radius 1 is 1.69 bits per heavy atom. The number of esters is 1. The molecule has 1 heterocycles. The smallest absolute Gasteiger partial charge is 0.313 e. The number of hydrogen-bond donors (Lipinski definition) is 1. The number of ether oxygens (including phenoxy) is 1. The van der Waals surface area contributed by atoms with Crippen LogP contribution in [0, 0.1) is 12.3 Å². The van der Waals surface area contributed by atoms with Crippen LogP contribution in [-0.4, -0.2) is 24.1 Å². The van der Waals surface area contributed by atoms with Crippen molar-refractivity contribution in [3.63, 3.8) is 0 Å². The second-order valence-corrected chi connectivity index (χ2v) is 5.33. The Balaban J connectivity index is 2.77. The van der Waals surface area contributed by atoms with Crippen LogP contribution in [0.3, 0.4) is 0 Å². The van der Waals surface area contributed by atoms with Crippen molar-refractivity contribution in [2.45, 2.75) is 27.2 Å². The molecule has 1 unspecified atom stereocenters. The minimum atomic E-state index is -0.644. The highest BCUT2D eigenvalue weighted by Crippen LogP contribution is 2.26. The number of carbonyl (C=O) groups is 1. The zero-order valence-electron chi connectivity index (χ0n) is 9.95. The third-order valence-electron chi connectivity index (χ3n) is 2.45. The zero-order valence-corrected chi connectivity index (χ0v) is 10.8. The quantitative estimate of drug-likeness (QED) is 0.795. The molecule has 90 valence electrons. The van der Waals surface area contributed by atoms with E-state index in [0.29, 0.717) is 13.0 Å². The molecule has 0 fully saturated rings. The Labute approximate surface area is 99.8 Å². The number of hydrogen-bond acceptors (Lipinski definition) is 5. The van der Waals surface area contributed by atoms with E-state index in [4.69, 9.17) is 10.5 Å². The number of aromatic nitrogens is 1. The minimum Gasteiger partial charge on any atom is -0.466 e. The van der Waals surface area contributed by atoms with E-state index in [1.54, 1.807) is 24.5 Å². The summed E-state index contributed by atoms with van der Waals surface area (Å²) < 4.78 is 5.04. The van der Waals surface area contributed by atoms with Gasteiger partial charge in [-0.25, -0.2) is 4.98 Å². The molecule has 0 radical (unpaired) electrons. The number of carbonyl (C=O) groups excluding carboxylic acids is 1. The van der Waals surface area contributed by atoms with E-state index in [1.807, 2.05) is 13.8 Å². The molecule has 0 aliphatic rings. The van der Waals surface area contributed by atoms with Crippen molar-refractivity contribution in [1.82, 2.24) is 4.98 Å². The monoisotopic (exact) mass is 242 g/mol. The Morgan fingerprint density at radius 3 is 2.81 bits per heavy atom. The van der Waals surface area contributed by atoms with Gasteiger partial charge in [-0.05, 0) is 20.8 Å². The summed E-state index contributed by atoms with van der Waals surface area (Å²) in [6.07, 6.45) is 2.39. The topological polar surface area (TPSA) is 65.2 Å². The Hall–Kier alpha value is -0.940. The summed E-state index contributed by atoms with van der Waals surface area (Å²) in [6, 6.07) is 0. The fourth-order valence-electron chi connectivity index (χ4n) is 1.40. The van der Waals surface area contributed by atoms with Gasteiger partial charge in [0.05, 0.1) is 17.0 Å². The Kier molecular flexibility index (Phi) is 4.44. The molecule has 16 heavy (non-hydrogen) atoms. The van der Waals surface area contributed by atoms with Gasteiger partial charge in [-0.15, -0.1) is 11.3 Å². The van der Waals surface area contributed by atoms with Crippen LogP contribution in [0.5, 0.6) is 0 Å². The van der Waals surface area contributed by atoms with E-state index in [1.165, 1.54) is 0 Å². The lowest BCUT2D eigenvalue weighted by molar-refractivity contribution is -0.153. The summed E-state index contributed by atoms with van der Waals surface area (Å²) in [5.41, 5.74) is 5.03. The second-order valence-electron chi connectivity index (χ2n) is 4.01. The maximum absolute atomic E-state index is 11.8. The second kappa shape index (κ2) is 5.41. The molecule has 4 nitrogen and oxygen atoms in total. The normalized spacial score (nSPS) is 14.5. The van der Waals surface area contributed by atoms with E-state index in [9.17, 15) is 4.79 Å². The summed E-state index contributed by atoms with van der Waals surface area (Å²) in [4.78, 5) is 17.0. The highest BCUT2D eigenvalue weighted by molar-refractivity contribution is 7.11. The molecule has 1 aromatic rings. The summed E-state index contributed by atoms with van der Waals surface area (Å²) in [5, 5.41) is 0.998. The lowest BCUT2D eigenvalue weighted by Crippen LogP contribution is -2.39. The third-order valence-corrected chi connectivity index (χ3v) is 3.37. The van der Waals surface area contributed by atoms with Crippen molar-refractivity contribution >= 4 is 17.3 Å². The van der Waals surface area contributed by atoms with Gasteiger partial charge in [0.25, 0.3) is 0 Å². The fourth-order valence-corrected chi connectivity index (χ4v) is 2.39. The van der Waals surface area contributed by atoms with Gasteiger partial charge in [-0.1, -0.05) is 0 Å². The van der Waals surface area contributed by atoms with Crippen LogP contribution in [0.25, 0.3) is 0 Å². The molecule has 0 saturated carbocycles. The first-order valence-electron chi connectivity index (χ1n) is 5.30. The van der Waals surface area contributed by atoms with Gasteiger partial charge in [-0.2, -0.15) is 0 Å². The summed E-state index contributed by atoms with van der Waals surface area (Å²) in [5.74, 6) is -0.233. The van der Waals surface area contributed by atoms with Crippen molar-refractivity contribution in [2.75, 3.05) is 13.2 Å². The van der Waals surface area contributed by atoms with Crippen LogP contribution in [0.4, 0.5) is 0 Å². The number of thiazole rings is 1. The van der Waals surface area contributed by atoms with Crippen molar-refractivity contribution < 1.29 is 9.53 Å². The van der Waals surface area contributed by atoms with Crippen molar-refractivity contribution in [3.8, 4) is 0 Å². The summed E-state index contributed by atoms with van der Waals surface area (Å²) >= 11 is 1.59. The number of rotatable bonds is 5. The highest BCUT2D eigenvalue weighted by atomic mass is 32.1. The predicted octanol–water partition coefficient (Wildman–Crippen LogP) is 1.52. The van der Waals surface area contributed by atoms with Crippen molar-refractivity contribution in [3.05, 3.63) is 16.1 Å². The first-order valence-corrected chi connectivity index (χ1v) is 6.12. The fraction of sp³-hybridized carbons (Fsp3) is 0.636. The molecular weight excluding hydrogens is 224 g/mol. The third kappa shape index (κ3) is 3.02. The molecule has 0 saturated heterocycles. The van der Waals surface area contributed by atoms with Gasteiger partial charge >= 0.3 is 5.97 Å². The van der Waals surface area contributed by atoms with Crippen LogP contribution in [0.1, 0.15) is 23.7 Å². The number of nitrogens with zero attached hydrogens (tertiary/aromatic N) is 1. The molecule has 0 aliphatic heterocycles. The zero-order chi connectivity index (χ0) is 12.2. The van der Waals surface area contributed by atoms with Gasteiger partial charge in [0.15, 0.2) is 0 Å². The van der Waals surface area contributed by atoms with E-state index in [2.05, 4.69) is 4.98 Å². The molecule has 1 aromatic heterocycles. The van der Waals surface area contributed by atoms with Gasteiger partial charge < -0.3 is 10.5 Å². The molecule has 0 bridgehead atoms. The van der Waals surface area contributed by atoms with Crippen LogP contribution >= 0.6 is 11.3 Å². The first kappa shape index (κ1) is 13.1. The molecule has 1 rings (SSSR count). The average Bonchev–Trinajstić information content (AvgIpc) is 2.64. The first-order chi connectivity index (χ1) is 7.51. The lowest BCUT2D eigenvalue weighted by atomic mass is 9.86. The standard InChI is InChI=1S/C11H18N2O2S/c1-4-15-10(14)11(3,7-12)5-9-6-13-8(2)16-9/h6H,4-5,7,12H2,1-3H3. The average molecular weight is 242 g/mol. The predicted molar refractivity (Wildman–Crippen MR) is 64.3 cm³/mol. The van der Waals surface area contributed by atoms with Crippen molar-refractivity contribution in [2.24, 2.45) is 11.1 Å². The molecule has 0 amide bonds. The Morgan fingerprint density at radius 2 is 2.38 bits per heavy atom. The molecular formula is C11H18N2O2S. The van der Waals surface area contributed by atoms with Gasteiger partial charge in [0, 0.05) is 24.0 Å². The molecule has 0 spiro atoms. The number of aryl methyl sites for hydroxylation is 1. The van der Waals surface area contributed by atoms with Gasteiger partial charge in [-0.3, -0.25) is 4.79 Å². The van der Waals surface area contributed by atoms with Crippen LogP contribution in [0.2, 0.25) is 0 Å². The van der Waals surface area contributed by atoms with E-state index < -0.39 is 5.41 Å². The largest absolute Gasteiger partial charge is 0.466 e. The molecule has 5 heteroatoms. The maximum atomic E-state index is 11.8. The molecule has 0 aliphatic carbocycles. The van der Waals surface area contributed by atoms with E-state index in [0.717, 1.165) is 9.88 Å². The SMILES string of the molecule is CCOC(=O)C(C)(CN)Cc1cnc(C)s1. The maximum Gasteiger partial charge on any atom is 0.313 e. The van der Waals surface area contributed by atoms with Crippen LogP contribution in [0.15, 0.2) is 6.20 Å². The van der Waals surface area contributed by atoms with Gasteiger partial charge in [0.1, 0.15) is 0 Å². The van der Waals surface area contributed by atoms with Crippen LogP contribution < -0.4 is 5.73 Å². The number of nitrogens with two attached hydrogens (primary N) is 1. The summed E-state index contributed by atoms with van der Waals surface area (Å²) in [6.45, 7) is 6.24. The molecule has 0 aromatic carbocycles. The Bertz CT molecular complexity index is 365. The van der Waals surface area contributed by atoms with Crippen molar-refractivity contribution in [1.29, 1.82) is 0 Å². The summed E-state index contributed by atoms with van der Waals surface area (Å²) in [7, 11) is 0. The van der Waals surface area contributed by atoms with E-state index >= 15 is 0 Å². The minimum absolute atomic E-state index is 0.233. The highest BCUT2D eigenvalue weighted by Gasteiger charge is 2.34. The van der Waals surface area contributed by atoms with Crippen LogP contribution in [-0.2, 0) is 16.0 Å². The van der Waals surface area contributed by atoms with E-state index in [-0.39, 0.29) is 12.5 Å². The molecule has 2 N–H and O–H groups in total. The molecule has 1 atom stereocenters. The van der Waals surface area contributed by atoms with Gasteiger partial charge in [0.2, 0.25) is 0 Å². The lowest BCUT2D eigenvalue weighted by Gasteiger charge is -2.24.